The van der Waals surface area contributed by atoms with Crippen molar-refractivity contribution in [2.24, 2.45) is 10.9 Å². The van der Waals surface area contributed by atoms with E-state index < -0.39 is 0 Å². The van der Waals surface area contributed by atoms with Crippen molar-refractivity contribution in [3.05, 3.63) is 42.3 Å². The van der Waals surface area contributed by atoms with Crippen LogP contribution in [0.2, 0.25) is 0 Å². The Morgan fingerprint density at radius 1 is 1.27 bits per heavy atom. The average Bonchev–Trinajstić information content (AvgIpc) is 3.27. The first-order valence-corrected chi connectivity index (χ1v) is 7.87. The van der Waals surface area contributed by atoms with E-state index in [2.05, 4.69) is 27.5 Å². The molecule has 1 aliphatic carbocycles. The van der Waals surface area contributed by atoms with Gasteiger partial charge in [0.1, 0.15) is 12.0 Å². The third-order valence-corrected chi connectivity index (χ3v) is 3.57. The van der Waals surface area contributed by atoms with Crippen molar-refractivity contribution in [1.82, 2.24) is 15.6 Å². The molecule has 0 atom stereocenters. The first-order valence-electron chi connectivity index (χ1n) is 7.87. The van der Waals surface area contributed by atoms with E-state index in [1.54, 1.807) is 6.26 Å². The molecule has 0 bridgehead atoms. The second-order valence-electron chi connectivity index (χ2n) is 5.53. The van der Waals surface area contributed by atoms with Gasteiger partial charge in [0.15, 0.2) is 5.96 Å². The third kappa shape index (κ3) is 4.10. The SMILES string of the molecule is CCNC(=NCc1coc(-c2ccccc2)n1)NCC1CC1. The normalized spacial score (nSPS) is 14.9. The van der Waals surface area contributed by atoms with E-state index >= 15 is 0 Å². The van der Waals surface area contributed by atoms with Crippen molar-refractivity contribution in [1.29, 1.82) is 0 Å². The van der Waals surface area contributed by atoms with Gasteiger partial charge in [0, 0.05) is 18.7 Å². The van der Waals surface area contributed by atoms with Crippen molar-refractivity contribution in [2.45, 2.75) is 26.3 Å². The minimum Gasteiger partial charge on any atom is -0.444 e. The topological polar surface area (TPSA) is 62.5 Å². The zero-order chi connectivity index (χ0) is 15.2. The van der Waals surface area contributed by atoms with Gasteiger partial charge in [-0.25, -0.2) is 9.98 Å². The summed E-state index contributed by atoms with van der Waals surface area (Å²) in [6.07, 6.45) is 4.34. The Kier molecular flexibility index (Phi) is 4.73. The number of nitrogens with zero attached hydrogens (tertiary/aromatic N) is 2. The third-order valence-electron chi connectivity index (χ3n) is 3.57. The highest BCUT2D eigenvalue weighted by Crippen LogP contribution is 2.27. The minimum absolute atomic E-state index is 0.510. The Hall–Kier alpha value is -2.30. The second kappa shape index (κ2) is 7.11. The largest absolute Gasteiger partial charge is 0.444 e. The number of rotatable bonds is 6. The van der Waals surface area contributed by atoms with Gasteiger partial charge in [-0.3, -0.25) is 0 Å². The molecule has 0 spiro atoms. The molecule has 2 aromatic rings. The monoisotopic (exact) mass is 298 g/mol. The molecule has 2 N–H and O–H groups in total. The molecule has 3 rings (SSSR count). The predicted octanol–water partition coefficient (Wildman–Crippen LogP) is 2.81. The molecular weight excluding hydrogens is 276 g/mol. The molecule has 5 heteroatoms. The van der Waals surface area contributed by atoms with E-state index in [4.69, 9.17) is 4.42 Å². The zero-order valence-corrected chi connectivity index (χ0v) is 12.9. The van der Waals surface area contributed by atoms with Gasteiger partial charge in [0.2, 0.25) is 5.89 Å². The number of oxazole rings is 1. The van der Waals surface area contributed by atoms with Crippen molar-refractivity contribution < 1.29 is 4.42 Å². The number of aromatic nitrogens is 1. The number of aliphatic imine (C=N–C) groups is 1. The average molecular weight is 298 g/mol. The van der Waals surface area contributed by atoms with Crippen LogP contribution >= 0.6 is 0 Å². The molecule has 1 aliphatic rings. The Bertz CT molecular complexity index is 617. The smallest absolute Gasteiger partial charge is 0.226 e. The van der Waals surface area contributed by atoms with Crippen LogP contribution in [0.15, 0.2) is 46.0 Å². The summed E-state index contributed by atoms with van der Waals surface area (Å²) >= 11 is 0. The van der Waals surface area contributed by atoms with Gasteiger partial charge in [-0.15, -0.1) is 0 Å². The Morgan fingerprint density at radius 3 is 2.82 bits per heavy atom. The highest BCUT2D eigenvalue weighted by Gasteiger charge is 2.21. The molecule has 0 unspecified atom stereocenters. The molecule has 116 valence electrons. The van der Waals surface area contributed by atoms with Crippen molar-refractivity contribution >= 4 is 5.96 Å². The van der Waals surface area contributed by atoms with Crippen LogP contribution < -0.4 is 10.6 Å². The maximum Gasteiger partial charge on any atom is 0.226 e. The maximum absolute atomic E-state index is 5.53. The van der Waals surface area contributed by atoms with E-state index in [-0.39, 0.29) is 0 Å². The fourth-order valence-electron chi connectivity index (χ4n) is 2.16. The highest BCUT2D eigenvalue weighted by atomic mass is 16.3. The molecule has 0 aliphatic heterocycles. The van der Waals surface area contributed by atoms with Gasteiger partial charge in [-0.2, -0.15) is 0 Å². The van der Waals surface area contributed by atoms with Gasteiger partial charge < -0.3 is 15.1 Å². The van der Waals surface area contributed by atoms with Crippen LogP contribution in [0.1, 0.15) is 25.5 Å². The van der Waals surface area contributed by atoms with Crippen LogP contribution in [0, 0.1) is 5.92 Å². The lowest BCUT2D eigenvalue weighted by atomic mass is 10.2. The number of hydrogen-bond donors (Lipinski definition) is 2. The summed E-state index contributed by atoms with van der Waals surface area (Å²) in [5.41, 5.74) is 1.82. The molecule has 0 saturated heterocycles. The van der Waals surface area contributed by atoms with Crippen molar-refractivity contribution in [3.63, 3.8) is 0 Å². The predicted molar refractivity (Wildman–Crippen MR) is 87.5 cm³/mol. The lowest BCUT2D eigenvalue weighted by molar-refractivity contribution is 0.572. The van der Waals surface area contributed by atoms with Crippen molar-refractivity contribution in [3.8, 4) is 11.5 Å². The molecule has 5 nitrogen and oxygen atoms in total. The number of benzene rings is 1. The van der Waals surface area contributed by atoms with Crippen LogP contribution in [-0.4, -0.2) is 24.0 Å². The summed E-state index contributed by atoms with van der Waals surface area (Å²) in [6, 6.07) is 9.90. The molecule has 1 heterocycles. The van der Waals surface area contributed by atoms with Crippen LogP contribution in [0.3, 0.4) is 0 Å². The van der Waals surface area contributed by atoms with Gasteiger partial charge in [0.05, 0.1) is 6.54 Å². The minimum atomic E-state index is 0.510. The van der Waals surface area contributed by atoms with Crippen LogP contribution in [0.4, 0.5) is 0 Å². The molecule has 1 saturated carbocycles. The van der Waals surface area contributed by atoms with Crippen LogP contribution in [0.25, 0.3) is 11.5 Å². The quantitative estimate of drug-likeness (QED) is 0.636. The lowest BCUT2D eigenvalue weighted by Crippen LogP contribution is -2.38. The summed E-state index contributed by atoms with van der Waals surface area (Å²) in [4.78, 5) is 9.05. The lowest BCUT2D eigenvalue weighted by Gasteiger charge is -2.09. The molecule has 0 amide bonds. The standard InChI is InChI=1S/C17H22N4O/c1-2-18-17(19-10-13-8-9-13)20-11-15-12-22-16(21-15)14-6-4-3-5-7-14/h3-7,12-13H,2,8-11H2,1H3,(H2,18,19,20). The summed E-state index contributed by atoms with van der Waals surface area (Å²) in [5, 5.41) is 6.63. The molecule has 0 radical (unpaired) electrons. The van der Waals surface area contributed by atoms with Crippen molar-refractivity contribution in [2.75, 3.05) is 13.1 Å². The number of nitrogens with one attached hydrogen (secondary N) is 2. The number of guanidine groups is 1. The van der Waals surface area contributed by atoms with E-state index in [0.717, 1.165) is 36.2 Å². The van der Waals surface area contributed by atoms with Crippen LogP contribution in [-0.2, 0) is 6.54 Å². The summed E-state index contributed by atoms with van der Waals surface area (Å²) in [5.74, 6) is 2.31. The zero-order valence-electron chi connectivity index (χ0n) is 12.9. The molecule has 1 aromatic heterocycles. The highest BCUT2D eigenvalue weighted by molar-refractivity contribution is 5.79. The Balaban J connectivity index is 1.61. The molecule has 1 fully saturated rings. The van der Waals surface area contributed by atoms with Gasteiger partial charge in [-0.1, -0.05) is 18.2 Å². The second-order valence-corrected chi connectivity index (χ2v) is 5.53. The molecular formula is C17H22N4O. The van der Waals surface area contributed by atoms with Crippen LogP contribution in [0.5, 0.6) is 0 Å². The molecule has 22 heavy (non-hydrogen) atoms. The number of hydrogen-bond acceptors (Lipinski definition) is 3. The van der Waals surface area contributed by atoms with E-state index in [1.807, 2.05) is 30.3 Å². The first kappa shape index (κ1) is 14.6. The summed E-state index contributed by atoms with van der Waals surface area (Å²) in [7, 11) is 0. The summed E-state index contributed by atoms with van der Waals surface area (Å²) < 4.78 is 5.53. The van der Waals surface area contributed by atoms with Gasteiger partial charge in [-0.05, 0) is 37.8 Å². The maximum atomic E-state index is 5.53. The first-order chi connectivity index (χ1) is 10.8. The fraction of sp³-hybridized carbons (Fsp3) is 0.412. The Morgan fingerprint density at radius 2 is 2.09 bits per heavy atom. The van der Waals surface area contributed by atoms with Gasteiger partial charge in [0.25, 0.3) is 0 Å². The summed E-state index contributed by atoms with van der Waals surface area (Å²) in [6.45, 7) is 4.43. The van der Waals surface area contributed by atoms with Gasteiger partial charge >= 0.3 is 0 Å². The fourth-order valence-corrected chi connectivity index (χ4v) is 2.16. The Labute approximate surface area is 130 Å². The molecule has 1 aromatic carbocycles. The van der Waals surface area contributed by atoms with E-state index in [1.165, 1.54) is 12.8 Å². The van der Waals surface area contributed by atoms with E-state index in [0.29, 0.717) is 12.4 Å². The van der Waals surface area contributed by atoms with E-state index in [9.17, 15) is 0 Å².